The van der Waals surface area contributed by atoms with Crippen molar-refractivity contribution in [1.29, 1.82) is 5.41 Å². The van der Waals surface area contributed by atoms with E-state index < -0.39 is 28.6 Å². The molecular formula is C21H25N5O4S. The molecule has 1 aromatic heterocycles. The second-order valence-corrected chi connectivity index (χ2v) is 8.61. The van der Waals surface area contributed by atoms with Gasteiger partial charge in [-0.2, -0.15) is 13.1 Å². The molecule has 164 valence electrons. The Morgan fingerprint density at radius 2 is 1.90 bits per heavy atom. The van der Waals surface area contributed by atoms with Crippen LogP contribution < -0.4 is 20.9 Å². The van der Waals surface area contributed by atoms with Gasteiger partial charge in [0.1, 0.15) is 17.5 Å². The molecule has 0 aliphatic carbocycles. The number of ketones is 1. The Morgan fingerprint density at radius 3 is 2.48 bits per heavy atom. The van der Waals surface area contributed by atoms with Crippen LogP contribution in [0.5, 0.6) is 0 Å². The van der Waals surface area contributed by atoms with E-state index in [4.69, 9.17) is 20.7 Å². The Kier molecular flexibility index (Phi) is 6.44. The second kappa shape index (κ2) is 8.88. The average Bonchev–Trinajstić information content (AvgIpc) is 3.10. The number of fused-ring (bicyclic) bond motifs is 1. The van der Waals surface area contributed by atoms with Crippen molar-refractivity contribution < 1.29 is 17.6 Å². The van der Waals surface area contributed by atoms with E-state index in [1.807, 2.05) is 26.0 Å². The molecule has 10 heteroatoms. The molecular weight excluding hydrogens is 418 g/mol. The highest BCUT2D eigenvalue weighted by molar-refractivity contribution is 7.87. The van der Waals surface area contributed by atoms with E-state index >= 15 is 0 Å². The number of nitrogens with two attached hydrogens (primary N) is 2. The van der Waals surface area contributed by atoms with E-state index in [0.29, 0.717) is 23.2 Å². The lowest BCUT2D eigenvalue weighted by molar-refractivity contribution is -0.118. The monoisotopic (exact) mass is 443 g/mol. The van der Waals surface area contributed by atoms with Crippen molar-refractivity contribution >= 4 is 38.5 Å². The van der Waals surface area contributed by atoms with Crippen molar-refractivity contribution in [2.75, 3.05) is 11.9 Å². The number of carbonyl (C=O) groups excluding carboxylic acids is 1. The normalized spacial score (nSPS) is 12.6. The van der Waals surface area contributed by atoms with Gasteiger partial charge in [0.25, 0.3) is 10.2 Å². The summed E-state index contributed by atoms with van der Waals surface area (Å²) in [5, 5.41) is 16.5. The third-order valence-corrected chi connectivity index (χ3v) is 5.50. The fourth-order valence-corrected chi connectivity index (χ4v) is 3.67. The minimum Gasteiger partial charge on any atom is -0.464 e. The summed E-state index contributed by atoms with van der Waals surface area (Å²) in [4.78, 5) is 13.0. The van der Waals surface area contributed by atoms with Crippen LogP contribution in [0.2, 0.25) is 0 Å². The van der Waals surface area contributed by atoms with Crippen molar-refractivity contribution in [3.8, 4) is 0 Å². The zero-order valence-electron chi connectivity index (χ0n) is 17.2. The number of benzene rings is 2. The Hall–Kier alpha value is -3.21. The van der Waals surface area contributed by atoms with Gasteiger partial charge in [0.2, 0.25) is 0 Å². The van der Waals surface area contributed by atoms with Gasteiger partial charge in [0.05, 0.1) is 12.8 Å². The van der Waals surface area contributed by atoms with E-state index in [9.17, 15) is 13.2 Å². The summed E-state index contributed by atoms with van der Waals surface area (Å²) in [7, 11) is -4.02. The zero-order valence-corrected chi connectivity index (χ0v) is 18.0. The number of rotatable bonds is 9. The molecule has 0 aliphatic heterocycles. The predicted octanol–water partition coefficient (Wildman–Crippen LogP) is 2.10. The summed E-state index contributed by atoms with van der Waals surface area (Å²) in [5.41, 5.74) is 9.97. The van der Waals surface area contributed by atoms with E-state index in [2.05, 4.69) is 10.0 Å². The number of hydrogen-bond acceptors (Lipinski definition) is 6. The van der Waals surface area contributed by atoms with Crippen molar-refractivity contribution in [2.24, 2.45) is 10.9 Å². The number of Topliss-reactive ketones (excluding diaryl/α,β-unsaturated/α-hetero) is 1. The maximum Gasteiger partial charge on any atom is 0.274 e. The second-order valence-electron chi connectivity index (χ2n) is 7.23. The summed E-state index contributed by atoms with van der Waals surface area (Å²) in [6, 6.07) is 9.62. The Morgan fingerprint density at radius 1 is 1.23 bits per heavy atom. The van der Waals surface area contributed by atoms with E-state index in [1.54, 1.807) is 30.5 Å². The number of carbonyl (C=O) groups is 1. The molecule has 0 radical (unpaired) electrons. The van der Waals surface area contributed by atoms with Gasteiger partial charge in [-0.15, -0.1) is 0 Å². The molecule has 0 unspecified atom stereocenters. The van der Waals surface area contributed by atoms with Gasteiger partial charge < -0.3 is 15.5 Å². The van der Waals surface area contributed by atoms with Crippen LogP contribution in [-0.4, -0.2) is 26.6 Å². The van der Waals surface area contributed by atoms with E-state index in [0.717, 1.165) is 22.1 Å². The molecule has 0 spiro atoms. The summed E-state index contributed by atoms with van der Waals surface area (Å²) in [6.45, 7) is 3.44. The minimum absolute atomic E-state index is 0.0648. The molecule has 0 fully saturated rings. The number of furan rings is 1. The molecule has 0 saturated heterocycles. The molecule has 7 N–H and O–H groups in total. The van der Waals surface area contributed by atoms with Crippen LogP contribution in [0.3, 0.4) is 0 Å². The van der Waals surface area contributed by atoms with Crippen LogP contribution in [-0.2, 0) is 21.4 Å². The molecule has 3 aromatic rings. The first-order chi connectivity index (χ1) is 14.6. The van der Waals surface area contributed by atoms with E-state index in [-0.39, 0.29) is 5.84 Å². The molecule has 1 atom stereocenters. The standard InChI is InChI=1S/C21H25N5O4S/c1-3-13-8-15(9-17-12(2)11-30-20(13)17)19(18(27)10-25-31(24,28)29)26-16-6-4-14(5-7-16)21(22)23/h4-9,11,19,25-26H,3,10H2,1-2H3,(H3,22,23)(H2,24,28,29)/t19-/m0/s1. The summed E-state index contributed by atoms with van der Waals surface area (Å²) >= 11 is 0. The van der Waals surface area contributed by atoms with Gasteiger partial charge >= 0.3 is 0 Å². The molecule has 0 aliphatic rings. The number of anilines is 1. The number of nitrogens with one attached hydrogen (secondary N) is 3. The van der Waals surface area contributed by atoms with Crippen LogP contribution in [0.4, 0.5) is 5.69 Å². The first kappa shape index (κ1) is 22.5. The molecule has 9 nitrogen and oxygen atoms in total. The summed E-state index contributed by atoms with van der Waals surface area (Å²) < 4.78 is 30.3. The molecule has 3 rings (SSSR count). The van der Waals surface area contributed by atoms with Gasteiger partial charge in [0.15, 0.2) is 5.78 Å². The first-order valence-corrected chi connectivity index (χ1v) is 11.2. The van der Waals surface area contributed by atoms with Gasteiger partial charge in [-0.05, 0) is 66.4 Å². The third-order valence-electron chi connectivity index (χ3n) is 4.96. The fourth-order valence-electron chi connectivity index (χ4n) is 3.32. The Labute approximate surface area is 180 Å². The number of amidine groups is 1. The molecule has 0 saturated carbocycles. The third kappa shape index (κ3) is 5.29. The minimum atomic E-state index is -4.02. The van der Waals surface area contributed by atoms with Gasteiger partial charge in [-0.1, -0.05) is 6.92 Å². The fraction of sp³-hybridized carbons (Fsp3) is 0.238. The molecule has 1 heterocycles. The predicted molar refractivity (Wildman–Crippen MR) is 120 cm³/mol. The Balaban J connectivity index is 2.02. The summed E-state index contributed by atoms with van der Waals surface area (Å²) in [6.07, 6.45) is 2.36. The first-order valence-electron chi connectivity index (χ1n) is 9.60. The maximum absolute atomic E-state index is 13.0. The highest BCUT2D eigenvalue weighted by atomic mass is 32.2. The molecule has 31 heavy (non-hydrogen) atoms. The van der Waals surface area contributed by atoms with Crippen LogP contribution in [0.15, 0.2) is 47.1 Å². The highest BCUT2D eigenvalue weighted by Gasteiger charge is 2.24. The number of aryl methyl sites for hydroxylation is 2. The lowest BCUT2D eigenvalue weighted by atomic mass is 9.96. The molecule has 0 amide bonds. The highest BCUT2D eigenvalue weighted by Crippen LogP contribution is 2.31. The van der Waals surface area contributed by atoms with Gasteiger partial charge in [-0.3, -0.25) is 10.2 Å². The van der Waals surface area contributed by atoms with Crippen molar-refractivity contribution in [2.45, 2.75) is 26.3 Å². The topological polar surface area (TPSA) is 164 Å². The lowest BCUT2D eigenvalue weighted by Crippen LogP contribution is -2.38. The molecule has 2 aromatic carbocycles. The van der Waals surface area contributed by atoms with Crippen molar-refractivity contribution in [3.05, 3.63) is 64.9 Å². The zero-order chi connectivity index (χ0) is 22.8. The van der Waals surface area contributed by atoms with Crippen molar-refractivity contribution in [1.82, 2.24) is 4.72 Å². The SMILES string of the molecule is CCc1cc([C@H](Nc2ccc(C(=N)N)cc2)C(=O)CNS(N)(=O)=O)cc2c(C)coc12. The largest absolute Gasteiger partial charge is 0.464 e. The van der Waals surface area contributed by atoms with Crippen LogP contribution in [0, 0.1) is 12.3 Å². The van der Waals surface area contributed by atoms with Crippen LogP contribution in [0.1, 0.15) is 35.2 Å². The van der Waals surface area contributed by atoms with E-state index in [1.165, 1.54) is 0 Å². The summed E-state index contributed by atoms with van der Waals surface area (Å²) in [5.74, 6) is -0.475. The van der Waals surface area contributed by atoms with Crippen LogP contribution >= 0.6 is 0 Å². The Bertz CT molecular complexity index is 1230. The maximum atomic E-state index is 13.0. The molecule has 0 bridgehead atoms. The van der Waals surface area contributed by atoms with Gasteiger partial charge in [0, 0.05) is 16.6 Å². The van der Waals surface area contributed by atoms with Crippen LogP contribution in [0.25, 0.3) is 11.0 Å². The quantitative estimate of drug-likeness (QED) is 0.251. The number of nitrogen functional groups attached to an aromatic ring is 1. The lowest BCUT2D eigenvalue weighted by Gasteiger charge is -2.21. The average molecular weight is 444 g/mol. The van der Waals surface area contributed by atoms with Crippen molar-refractivity contribution in [3.63, 3.8) is 0 Å². The number of hydrogen-bond donors (Lipinski definition) is 5. The smallest absolute Gasteiger partial charge is 0.274 e. The van der Waals surface area contributed by atoms with Gasteiger partial charge in [-0.25, -0.2) is 5.14 Å².